The molecule has 0 aliphatic heterocycles. The van der Waals surface area contributed by atoms with E-state index < -0.39 is 39.3 Å². The minimum Gasteiger partial charge on any atom is -0.477 e. The van der Waals surface area contributed by atoms with E-state index in [9.17, 15) is 26.4 Å². The Bertz CT molecular complexity index is 564. The smallest absolute Gasteiger partial charge is 0.402 e. The number of aromatic carboxylic acids is 1. The number of nitrogens with one attached hydrogen (secondary N) is 1. The number of hydrogen-bond acceptors (Lipinski definition) is 3. The predicted molar refractivity (Wildman–Crippen MR) is 58.2 cm³/mol. The standard InChI is InChI=1S/C9H11F3N2O4S/c1-2-14(5-9(10,11)12)19(17,18)6-3-7(8(15)16)13-4-6/h3-4,13H,2,5H2,1H3,(H,15,16). The van der Waals surface area contributed by atoms with E-state index in [0.29, 0.717) is 0 Å². The molecule has 19 heavy (non-hydrogen) atoms. The zero-order valence-corrected chi connectivity index (χ0v) is 10.5. The number of sulfonamides is 1. The molecule has 10 heteroatoms. The third-order valence-corrected chi connectivity index (χ3v) is 4.13. The highest BCUT2D eigenvalue weighted by molar-refractivity contribution is 7.89. The molecule has 6 nitrogen and oxygen atoms in total. The van der Waals surface area contributed by atoms with Gasteiger partial charge in [-0.3, -0.25) is 0 Å². The number of halogens is 3. The van der Waals surface area contributed by atoms with Crippen molar-refractivity contribution in [2.75, 3.05) is 13.1 Å². The van der Waals surface area contributed by atoms with E-state index in [1.807, 2.05) is 0 Å². The molecule has 1 aromatic heterocycles. The van der Waals surface area contributed by atoms with Gasteiger partial charge in [0.15, 0.2) is 0 Å². The fraction of sp³-hybridized carbons (Fsp3) is 0.444. The van der Waals surface area contributed by atoms with Gasteiger partial charge in [0.25, 0.3) is 0 Å². The number of alkyl halides is 3. The average molecular weight is 300 g/mol. The van der Waals surface area contributed by atoms with Crippen molar-refractivity contribution in [1.29, 1.82) is 0 Å². The molecule has 0 saturated carbocycles. The summed E-state index contributed by atoms with van der Waals surface area (Å²) < 4.78 is 60.8. The third kappa shape index (κ3) is 3.70. The summed E-state index contributed by atoms with van der Waals surface area (Å²) in [5.74, 6) is -1.40. The number of carbonyl (C=O) groups is 1. The lowest BCUT2D eigenvalue weighted by Crippen LogP contribution is -2.38. The summed E-state index contributed by atoms with van der Waals surface area (Å²) in [5, 5.41) is 8.63. The molecule has 0 spiro atoms. The van der Waals surface area contributed by atoms with Crippen molar-refractivity contribution in [2.24, 2.45) is 0 Å². The number of aromatic amines is 1. The maximum atomic E-state index is 12.3. The molecule has 0 bridgehead atoms. The summed E-state index contributed by atoms with van der Waals surface area (Å²) in [5.41, 5.74) is -0.415. The van der Waals surface area contributed by atoms with Gasteiger partial charge in [-0.25, -0.2) is 13.2 Å². The van der Waals surface area contributed by atoms with Crippen molar-refractivity contribution in [3.8, 4) is 0 Å². The van der Waals surface area contributed by atoms with Crippen LogP contribution in [0.5, 0.6) is 0 Å². The first-order chi connectivity index (χ1) is 8.58. The highest BCUT2D eigenvalue weighted by Gasteiger charge is 2.36. The van der Waals surface area contributed by atoms with Gasteiger partial charge < -0.3 is 10.1 Å². The number of aromatic nitrogens is 1. The van der Waals surface area contributed by atoms with Crippen molar-refractivity contribution in [1.82, 2.24) is 9.29 Å². The molecule has 2 N–H and O–H groups in total. The van der Waals surface area contributed by atoms with E-state index in [1.54, 1.807) is 0 Å². The second kappa shape index (κ2) is 5.21. The van der Waals surface area contributed by atoms with Gasteiger partial charge in [0.2, 0.25) is 10.0 Å². The second-order valence-corrected chi connectivity index (χ2v) is 5.54. The molecule has 0 amide bonds. The SMILES string of the molecule is CCN(CC(F)(F)F)S(=O)(=O)c1c[nH]c(C(=O)O)c1. The maximum Gasteiger partial charge on any atom is 0.402 e. The van der Waals surface area contributed by atoms with Crippen LogP contribution in [0.1, 0.15) is 17.4 Å². The Morgan fingerprint density at radius 1 is 1.47 bits per heavy atom. The molecule has 0 radical (unpaired) electrons. The van der Waals surface area contributed by atoms with E-state index in [0.717, 1.165) is 12.3 Å². The molecule has 0 saturated heterocycles. The van der Waals surface area contributed by atoms with E-state index in [2.05, 4.69) is 4.98 Å². The van der Waals surface area contributed by atoms with Crippen LogP contribution in [-0.2, 0) is 10.0 Å². The summed E-state index contributed by atoms with van der Waals surface area (Å²) in [7, 11) is -4.38. The predicted octanol–water partition coefficient (Wildman–Crippen LogP) is 1.29. The highest BCUT2D eigenvalue weighted by Crippen LogP contribution is 2.22. The first kappa shape index (κ1) is 15.5. The van der Waals surface area contributed by atoms with Gasteiger partial charge in [-0.15, -0.1) is 0 Å². The third-order valence-electron chi connectivity index (χ3n) is 2.23. The number of carboxylic acid groups (broad SMARTS) is 1. The molecule has 0 aliphatic carbocycles. The normalized spacial score (nSPS) is 12.9. The summed E-state index contributed by atoms with van der Waals surface area (Å²) >= 11 is 0. The molecule has 0 fully saturated rings. The zero-order chi connectivity index (χ0) is 14.8. The summed E-state index contributed by atoms with van der Waals surface area (Å²) in [6.07, 6.45) is -3.83. The monoisotopic (exact) mass is 300 g/mol. The van der Waals surface area contributed by atoms with Crippen molar-refractivity contribution < 1.29 is 31.5 Å². The van der Waals surface area contributed by atoms with Gasteiger partial charge in [0.1, 0.15) is 17.1 Å². The van der Waals surface area contributed by atoms with Crippen LogP contribution in [0.2, 0.25) is 0 Å². The minimum absolute atomic E-state index is 0.224. The Kier molecular flexibility index (Phi) is 4.25. The summed E-state index contributed by atoms with van der Waals surface area (Å²) in [4.78, 5) is 12.2. The number of carboxylic acids is 1. The fourth-order valence-electron chi connectivity index (χ4n) is 1.36. The average Bonchev–Trinajstić information content (AvgIpc) is 2.74. The van der Waals surface area contributed by atoms with Crippen LogP contribution in [0.4, 0.5) is 13.2 Å². The molecule has 1 rings (SSSR count). The number of rotatable bonds is 5. The number of hydrogen-bond donors (Lipinski definition) is 2. The van der Waals surface area contributed by atoms with Gasteiger partial charge in [-0.05, 0) is 6.07 Å². The van der Waals surface area contributed by atoms with Crippen LogP contribution in [0, 0.1) is 0 Å². The molecular formula is C9H11F3N2O4S. The van der Waals surface area contributed by atoms with Crippen molar-refractivity contribution in [2.45, 2.75) is 18.0 Å². The quantitative estimate of drug-likeness (QED) is 0.857. The van der Waals surface area contributed by atoms with Crippen LogP contribution < -0.4 is 0 Å². The van der Waals surface area contributed by atoms with Crippen molar-refractivity contribution in [3.05, 3.63) is 18.0 Å². The fourth-order valence-corrected chi connectivity index (χ4v) is 2.79. The zero-order valence-electron chi connectivity index (χ0n) is 9.73. The summed E-state index contributed by atoms with van der Waals surface area (Å²) in [6.45, 7) is -0.747. The van der Waals surface area contributed by atoms with Crippen LogP contribution in [-0.4, -0.2) is 48.0 Å². The lowest BCUT2D eigenvalue weighted by molar-refractivity contribution is -0.135. The number of nitrogens with zero attached hydrogens (tertiary/aromatic N) is 1. The van der Waals surface area contributed by atoms with Gasteiger partial charge in [-0.2, -0.15) is 17.5 Å². The van der Waals surface area contributed by atoms with Gasteiger partial charge >= 0.3 is 12.1 Å². The Balaban J connectivity index is 3.10. The molecule has 1 aromatic rings. The second-order valence-electron chi connectivity index (χ2n) is 3.60. The molecular weight excluding hydrogens is 289 g/mol. The van der Waals surface area contributed by atoms with E-state index in [4.69, 9.17) is 5.11 Å². The van der Waals surface area contributed by atoms with Gasteiger partial charge in [0.05, 0.1) is 0 Å². The lowest BCUT2D eigenvalue weighted by Gasteiger charge is -2.20. The van der Waals surface area contributed by atoms with Crippen LogP contribution in [0.15, 0.2) is 17.2 Å². The Morgan fingerprint density at radius 2 is 2.05 bits per heavy atom. The molecule has 0 unspecified atom stereocenters. The molecule has 0 atom stereocenters. The van der Waals surface area contributed by atoms with Crippen LogP contribution >= 0.6 is 0 Å². The van der Waals surface area contributed by atoms with Crippen LogP contribution in [0.25, 0.3) is 0 Å². The number of H-pyrrole nitrogens is 1. The Hall–Kier alpha value is -1.55. The van der Waals surface area contributed by atoms with Crippen molar-refractivity contribution >= 4 is 16.0 Å². The molecule has 108 valence electrons. The first-order valence-corrected chi connectivity index (χ1v) is 6.50. The van der Waals surface area contributed by atoms with E-state index in [-0.39, 0.29) is 10.8 Å². The van der Waals surface area contributed by atoms with E-state index in [1.165, 1.54) is 6.92 Å². The van der Waals surface area contributed by atoms with Crippen molar-refractivity contribution in [3.63, 3.8) is 0 Å². The van der Waals surface area contributed by atoms with E-state index >= 15 is 0 Å². The maximum absolute atomic E-state index is 12.3. The Labute approximate surface area is 106 Å². The first-order valence-electron chi connectivity index (χ1n) is 5.06. The Morgan fingerprint density at radius 3 is 2.42 bits per heavy atom. The largest absolute Gasteiger partial charge is 0.477 e. The topological polar surface area (TPSA) is 90.5 Å². The molecule has 1 heterocycles. The summed E-state index contributed by atoms with van der Waals surface area (Å²) in [6, 6.07) is 0.775. The lowest BCUT2D eigenvalue weighted by atomic mass is 10.4. The highest BCUT2D eigenvalue weighted by atomic mass is 32.2. The minimum atomic E-state index is -4.67. The van der Waals surface area contributed by atoms with Crippen LogP contribution in [0.3, 0.4) is 0 Å². The van der Waals surface area contributed by atoms with Gasteiger partial charge in [-0.1, -0.05) is 6.92 Å². The molecule has 0 aromatic carbocycles. The van der Waals surface area contributed by atoms with Gasteiger partial charge in [0, 0.05) is 12.7 Å². The molecule has 0 aliphatic rings.